The van der Waals surface area contributed by atoms with Crippen LogP contribution in [0, 0.1) is 11.3 Å². The van der Waals surface area contributed by atoms with Crippen LogP contribution in [0.4, 0.5) is 0 Å². The third-order valence-corrected chi connectivity index (χ3v) is 3.05. The summed E-state index contributed by atoms with van der Waals surface area (Å²) in [5.74, 6) is -0.123. The van der Waals surface area contributed by atoms with Crippen molar-refractivity contribution in [3.63, 3.8) is 0 Å². The van der Waals surface area contributed by atoms with Gasteiger partial charge < -0.3 is 5.11 Å². The predicted molar refractivity (Wildman–Crippen MR) is 68.5 cm³/mol. The molecule has 1 N–H and O–H groups in total. The first-order valence-corrected chi connectivity index (χ1v) is 6.29. The Morgan fingerprint density at radius 3 is 2.44 bits per heavy atom. The second-order valence-electron chi connectivity index (χ2n) is 5.44. The number of hydrogen-bond acceptors (Lipinski definition) is 1. The third kappa shape index (κ3) is 7.49. The van der Waals surface area contributed by atoms with Gasteiger partial charge in [-0.1, -0.05) is 46.6 Å². The van der Waals surface area contributed by atoms with Crippen LogP contribution in [0.25, 0.3) is 0 Å². The van der Waals surface area contributed by atoms with E-state index in [1.165, 1.54) is 25.3 Å². The fourth-order valence-electron chi connectivity index (χ4n) is 2.01. The van der Waals surface area contributed by atoms with Gasteiger partial charge in [-0.3, -0.25) is 0 Å². The summed E-state index contributed by atoms with van der Waals surface area (Å²) in [7, 11) is 0. The van der Waals surface area contributed by atoms with Crippen molar-refractivity contribution in [2.24, 2.45) is 11.3 Å². The van der Waals surface area contributed by atoms with E-state index in [-0.39, 0.29) is 5.41 Å². The minimum absolute atomic E-state index is 0.269. The SMILES string of the molecule is CCCC(C)(CC=CC(=O)O)CCC(C)C. The molecule has 0 heterocycles. The molecule has 0 aliphatic carbocycles. The molecule has 0 bridgehead atoms. The molecule has 1 unspecified atom stereocenters. The molecule has 0 radical (unpaired) electrons. The lowest BCUT2D eigenvalue weighted by Crippen LogP contribution is -2.16. The van der Waals surface area contributed by atoms with Gasteiger partial charge in [0, 0.05) is 6.08 Å². The second kappa shape index (κ2) is 7.48. The molecule has 1 atom stereocenters. The standard InChI is InChI=1S/C14H26O2/c1-5-9-14(4,11-8-12(2)3)10-6-7-13(15)16/h6-7,12H,5,8-11H2,1-4H3,(H,15,16). The molecule has 0 saturated heterocycles. The number of aliphatic carboxylic acids is 1. The van der Waals surface area contributed by atoms with Gasteiger partial charge in [0.15, 0.2) is 0 Å². The van der Waals surface area contributed by atoms with E-state index in [2.05, 4.69) is 27.7 Å². The van der Waals surface area contributed by atoms with Crippen LogP contribution in [0.2, 0.25) is 0 Å². The van der Waals surface area contributed by atoms with Crippen molar-refractivity contribution in [1.82, 2.24) is 0 Å². The summed E-state index contributed by atoms with van der Waals surface area (Å²) >= 11 is 0. The highest BCUT2D eigenvalue weighted by Crippen LogP contribution is 2.34. The Balaban J connectivity index is 4.25. The summed E-state index contributed by atoms with van der Waals surface area (Å²) in [6, 6.07) is 0. The molecule has 0 amide bonds. The third-order valence-electron chi connectivity index (χ3n) is 3.05. The van der Waals surface area contributed by atoms with Gasteiger partial charge in [-0.25, -0.2) is 4.79 Å². The zero-order valence-corrected chi connectivity index (χ0v) is 11.1. The Morgan fingerprint density at radius 2 is 2.00 bits per heavy atom. The molecular weight excluding hydrogens is 200 g/mol. The zero-order chi connectivity index (χ0) is 12.6. The lowest BCUT2D eigenvalue weighted by Gasteiger charge is -2.29. The van der Waals surface area contributed by atoms with Crippen molar-refractivity contribution in [3.8, 4) is 0 Å². The second-order valence-corrected chi connectivity index (χ2v) is 5.44. The summed E-state index contributed by atoms with van der Waals surface area (Å²) in [4.78, 5) is 10.4. The molecule has 16 heavy (non-hydrogen) atoms. The molecule has 0 aromatic carbocycles. The molecule has 0 aliphatic rings. The number of carboxylic acids is 1. The highest BCUT2D eigenvalue weighted by atomic mass is 16.4. The quantitative estimate of drug-likeness (QED) is 0.628. The first kappa shape index (κ1) is 15.2. The average Bonchev–Trinajstić information content (AvgIpc) is 2.15. The minimum atomic E-state index is -0.845. The Morgan fingerprint density at radius 1 is 1.38 bits per heavy atom. The largest absolute Gasteiger partial charge is 0.478 e. The number of allylic oxidation sites excluding steroid dienone is 1. The monoisotopic (exact) mass is 226 g/mol. The van der Waals surface area contributed by atoms with Crippen LogP contribution in [0.3, 0.4) is 0 Å². The zero-order valence-electron chi connectivity index (χ0n) is 11.1. The van der Waals surface area contributed by atoms with E-state index in [1.807, 2.05) is 0 Å². The van der Waals surface area contributed by atoms with Crippen molar-refractivity contribution in [2.75, 3.05) is 0 Å². The molecule has 2 heteroatoms. The van der Waals surface area contributed by atoms with Gasteiger partial charge in [0.05, 0.1) is 0 Å². The molecule has 94 valence electrons. The molecular formula is C14H26O2. The van der Waals surface area contributed by atoms with E-state index in [1.54, 1.807) is 6.08 Å². The van der Waals surface area contributed by atoms with E-state index < -0.39 is 5.97 Å². The van der Waals surface area contributed by atoms with Gasteiger partial charge in [-0.2, -0.15) is 0 Å². The minimum Gasteiger partial charge on any atom is -0.478 e. The van der Waals surface area contributed by atoms with E-state index in [9.17, 15) is 4.79 Å². The van der Waals surface area contributed by atoms with Crippen molar-refractivity contribution in [1.29, 1.82) is 0 Å². The Labute approximate surface area is 99.7 Å². The normalized spacial score (nSPS) is 15.6. The van der Waals surface area contributed by atoms with Gasteiger partial charge >= 0.3 is 5.97 Å². The van der Waals surface area contributed by atoms with Crippen molar-refractivity contribution < 1.29 is 9.90 Å². The van der Waals surface area contributed by atoms with Crippen LogP contribution in [0.1, 0.15) is 59.8 Å². The topological polar surface area (TPSA) is 37.3 Å². The maximum atomic E-state index is 10.4. The highest BCUT2D eigenvalue weighted by Gasteiger charge is 2.21. The van der Waals surface area contributed by atoms with Gasteiger partial charge in [0.1, 0.15) is 0 Å². The maximum Gasteiger partial charge on any atom is 0.327 e. The smallest absolute Gasteiger partial charge is 0.327 e. The van der Waals surface area contributed by atoms with Crippen LogP contribution in [0.5, 0.6) is 0 Å². The van der Waals surface area contributed by atoms with Gasteiger partial charge in [-0.05, 0) is 30.6 Å². The van der Waals surface area contributed by atoms with Crippen LogP contribution in [0.15, 0.2) is 12.2 Å². The van der Waals surface area contributed by atoms with E-state index in [0.717, 1.165) is 18.8 Å². The maximum absolute atomic E-state index is 10.4. The first-order valence-electron chi connectivity index (χ1n) is 6.29. The number of carboxylic acid groups (broad SMARTS) is 1. The molecule has 0 aliphatic heterocycles. The summed E-state index contributed by atoms with van der Waals surface area (Å²) in [5, 5.41) is 8.57. The van der Waals surface area contributed by atoms with Crippen molar-refractivity contribution in [2.45, 2.75) is 59.8 Å². The van der Waals surface area contributed by atoms with Crippen LogP contribution in [-0.4, -0.2) is 11.1 Å². The van der Waals surface area contributed by atoms with E-state index in [4.69, 9.17) is 5.11 Å². The van der Waals surface area contributed by atoms with Crippen LogP contribution in [-0.2, 0) is 4.79 Å². The highest BCUT2D eigenvalue weighted by molar-refractivity contribution is 5.79. The summed E-state index contributed by atoms with van der Waals surface area (Å²) < 4.78 is 0. The molecule has 0 aromatic heterocycles. The Kier molecular flexibility index (Phi) is 7.11. The average molecular weight is 226 g/mol. The summed E-state index contributed by atoms with van der Waals surface area (Å²) in [5.41, 5.74) is 0.269. The molecule has 0 rings (SSSR count). The number of hydrogen-bond donors (Lipinski definition) is 1. The molecule has 0 saturated carbocycles. The fraction of sp³-hybridized carbons (Fsp3) is 0.786. The molecule has 0 spiro atoms. The van der Waals surface area contributed by atoms with Crippen LogP contribution >= 0.6 is 0 Å². The lowest BCUT2D eigenvalue weighted by atomic mass is 9.77. The summed E-state index contributed by atoms with van der Waals surface area (Å²) in [6.07, 6.45) is 8.68. The van der Waals surface area contributed by atoms with Crippen molar-refractivity contribution >= 4 is 5.97 Å². The number of rotatable bonds is 8. The van der Waals surface area contributed by atoms with Crippen LogP contribution < -0.4 is 0 Å². The van der Waals surface area contributed by atoms with Gasteiger partial charge in [0.25, 0.3) is 0 Å². The Bertz CT molecular complexity index is 231. The predicted octanol–water partition coefficient (Wildman–Crippen LogP) is 4.26. The van der Waals surface area contributed by atoms with Crippen molar-refractivity contribution in [3.05, 3.63) is 12.2 Å². The molecule has 0 fully saturated rings. The molecule has 2 nitrogen and oxygen atoms in total. The summed E-state index contributed by atoms with van der Waals surface area (Å²) in [6.45, 7) is 8.93. The lowest BCUT2D eigenvalue weighted by molar-refractivity contribution is -0.131. The molecule has 0 aromatic rings. The van der Waals surface area contributed by atoms with Gasteiger partial charge in [-0.15, -0.1) is 0 Å². The van der Waals surface area contributed by atoms with Gasteiger partial charge in [0.2, 0.25) is 0 Å². The Hall–Kier alpha value is -0.790. The van der Waals surface area contributed by atoms with E-state index in [0.29, 0.717) is 0 Å². The number of carbonyl (C=O) groups is 1. The van der Waals surface area contributed by atoms with E-state index >= 15 is 0 Å². The first-order chi connectivity index (χ1) is 7.39. The fourth-order valence-corrected chi connectivity index (χ4v) is 2.01.